The third kappa shape index (κ3) is 75800. The molecule has 0 aliphatic heterocycles. The molecule has 4 heteroatoms. The van der Waals surface area contributed by atoms with E-state index in [1.165, 1.54) is 0 Å². The van der Waals surface area contributed by atoms with Crippen molar-refractivity contribution < 1.29 is 9.13 Å². The highest BCUT2D eigenvalue weighted by molar-refractivity contribution is 4.09. The van der Waals surface area contributed by atoms with Gasteiger partial charge in [0.15, 0.2) is 0 Å². The molecule has 4 nitrogen and oxygen atoms in total. The van der Waals surface area contributed by atoms with Gasteiger partial charge < -0.3 is 26.7 Å². The van der Waals surface area contributed by atoms with E-state index in [4.69, 9.17) is 0 Å². The molecule has 15 heavy (non-hydrogen) atoms. The molecule has 0 aromatic rings. The van der Waals surface area contributed by atoms with E-state index in [-0.39, 0.29) is 12.1 Å². The highest BCUT2D eigenvalue weighted by atomic mass is 16.5. The minimum Gasteiger partial charge on any atom is -0.633 e. The molecule has 0 rings (SSSR count). The Balaban J connectivity index is -0.0000000590. The molecule has 0 spiro atoms. The number of quaternary nitrogens is 2. The Labute approximate surface area is 97.9 Å². The van der Waals surface area contributed by atoms with Crippen molar-refractivity contribution in [3.05, 3.63) is 12.6 Å². The molecule has 0 amide bonds. The lowest BCUT2D eigenvalue weighted by Crippen LogP contribution is -2.27. The molecule has 0 aliphatic rings. The van der Waals surface area contributed by atoms with Gasteiger partial charge in [0.25, 0.3) is 0 Å². The van der Waals surface area contributed by atoms with Crippen molar-refractivity contribution in [3.63, 3.8) is 0 Å². The number of hydrogen-bond donors (Lipinski definition) is 0. The summed E-state index contributed by atoms with van der Waals surface area (Å²) >= 11 is 0. The minimum absolute atomic E-state index is 0. The summed E-state index contributed by atoms with van der Waals surface area (Å²) in [6.45, 7) is 0. The van der Waals surface area contributed by atoms with Crippen molar-refractivity contribution in [2.45, 2.75) is 0 Å². The molecule has 0 aromatic carbocycles. The molecule has 0 saturated carbocycles. The molecular weight excluding hydrogens is 190 g/mol. The number of hydrogen-bond acceptors (Lipinski definition) is 2. The van der Waals surface area contributed by atoms with Gasteiger partial charge in [0, 0.05) is 0 Å². The van der Waals surface area contributed by atoms with Gasteiger partial charge in [-0.05, 0) is 21.1 Å². The lowest BCUT2D eigenvalue weighted by molar-refractivity contribution is -0.849. The van der Waals surface area contributed by atoms with Gasteiger partial charge in [-0.15, -0.1) is 0 Å². The summed E-state index contributed by atoms with van der Waals surface area (Å²) in [5.41, 5.74) is 0. The van der Waals surface area contributed by atoms with E-state index in [9.17, 15) is 5.21 Å². The van der Waals surface area contributed by atoms with Crippen LogP contribution in [-0.2, 0) is 0 Å². The van der Waals surface area contributed by atoms with Crippen LogP contribution in [0.5, 0.6) is 0 Å². The fourth-order valence-electron chi connectivity index (χ4n) is 0. The van der Waals surface area contributed by atoms with E-state index in [0.29, 0.717) is 0 Å². The topological polar surface area (TPSA) is 26.3 Å². The lowest BCUT2D eigenvalue weighted by atomic mass is 10.8. The monoisotopic (exact) mass is 223 g/mol. The van der Waals surface area contributed by atoms with E-state index >= 15 is 0 Å². The maximum atomic E-state index is 10.0. The van der Waals surface area contributed by atoms with Crippen molar-refractivity contribution in [2.75, 3.05) is 70.5 Å². The molecule has 0 fully saturated rings. The van der Waals surface area contributed by atoms with Crippen LogP contribution >= 0.6 is 0 Å². The maximum Gasteiger partial charge on any atom is 0.0675 e. The normalized spacial score (nSPS) is 10.4. The van der Waals surface area contributed by atoms with Crippen LogP contribution in [0.1, 0.15) is 0 Å². The fraction of sp³-hybridized carbons (Fsp3) is 0.909. The van der Waals surface area contributed by atoms with Crippen molar-refractivity contribution in [1.82, 2.24) is 4.90 Å². The molecule has 0 aromatic heterocycles. The van der Waals surface area contributed by atoms with E-state index in [1.807, 2.05) is 26.0 Å². The van der Waals surface area contributed by atoms with Gasteiger partial charge in [-0.3, -0.25) is 0 Å². The predicted molar refractivity (Wildman–Crippen MR) is 71.4 cm³/mol. The summed E-state index contributed by atoms with van der Waals surface area (Å²) in [6, 6.07) is 0. The molecule has 0 saturated heterocycles. The Morgan fingerprint density at radius 1 is 0.733 bits per heavy atom. The maximum absolute atomic E-state index is 10.0. The second-order valence-electron chi connectivity index (χ2n) is 5.91. The SMILES string of the molecule is CN(C)C.C[N+](C)(C)C.C[N+](C)(C)[O-].[CH3-]. The van der Waals surface area contributed by atoms with Crippen LogP contribution in [0.25, 0.3) is 0 Å². The first kappa shape index (κ1) is 24.2. The Morgan fingerprint density at radius 3 is 0.733 bits per heavy atom. The van der Waals surface area contributed by atoms with Crippen molar-refractivity contribution in [1.29, 1.82) is 0 Å². The first-order chi connectivity index (χ1) is 5.73. The second-order valence-corrected chi connectivity index (χ2v) is 5.91. The Morgan fingerprint density at radius 2 is 0.733 bits per heavy atom. The Bertz CT molecular complexity index is 85.2. The van der Waals surface area contributed by atoms with Gasteiger partial charge in [0.2, 0.25) is 0 Å². The minimum atomic E-state index is -0.250. The first-order valence-corrected chi connectivity index (χ1v) is 4.65. The van der Waals surface area contributed by atoms with Crippen molar-refractivity contribution in [2.24, 2.45) is 0 Å². The second kappa shape index (κ2) is 10.4. The number of nitrogens with zero attached hydrogens (tertiary/aromatic N) is 3. The summed E-state index contributed by atoms with van der Waals surface area (Å²) in [4.78, 5) is 2.00. The third-order valence-corrected chi connectivity index (χ3v) is 0. The molecule has 0 bridgehead atoms. The lowest BCUT2D eigenvalue weighted by Gasteiger charge is -2.27. The van der Waals surface area contributed by atoms with Gasteiger partial charge in [-0.1, -0.05) is 0 Å². The molecule has 0 radical (unpaired) electrons. The Kier molecular flexibility index (Phi) is 16.7. The molecule has 0 aliphatic carbocycles. The molecule has 98 valence electrons. The predicted octanol–water partition coefficient (Wildman–Crippen LogP) is 1.14. The quantitative estimate of drug-likeness (QED) is 0.350. The number of rotatable bonds is 0. The largest absolute Gasteiger partial charge is 0.633 e. The smallest absolute Gasteiger partial charge is 0.0675 e. The van der Waals surface area contributed by atoms with Crippen molar-refractivity contribution in [3.8, 4) is 0 Å². The molecule has 0 atom stereocenters. The van der Waals surface area contributed by atoms with Crippen LogP contribution in [0.4, 0.5) is 0 Å². The highest BCUT2D eigenvalue weighted by Crippen LogP contribution is 1.77. The zero-order valence-electron chi connectivity index (χ0n) is 12.7. The average molecular weight is 223 g/mol. The third-order valence-electron chi connectivity index (χ3n) is 0. The van der Waals surface area contributed by atoms with Gasteiger partial charge in [-0.2, -0.15) is 0 Å². The van der Waals surface area contributed by atoms with Crippen LogP contribution in [0, 0.1) is 12.6 Å². The van der Waals surface area contributed by atoms with Crippen LogP contribution in [0.3, 0.4) is 0 Å². The van der Waals surface area contributed by atoms with E-state index in [1.54, 1.807) is 21.1 Å². The summed E-state index contributed by atoms with van der Waals surface area (Å²) in [5, 5.41) is 10.0. The summed E-state index contributed by atoms with van der Waals surface area (Å²) < 4.78 is 0.750. The standard InChI is InChI=1S/C4H12N.C3H9NO.C3H9N.CH3/c1-5(2,3)4;1-4(2,3)5;1-4(2)3;/h1-4H3;1-3H3;1-3H3;1H3/q+1;;;-1. The zero-order chi connectivity index (χ0) is 12.6. The van der Waals surface area contributed by atoms with Gasteiger partial charge in [0.05, 0.1) is 49.3 Å². The Hall–Kier alpha value is -0.160. The molecule has 0 heterocycles. The number of hydroxylamine groups is 3. The van der Waals surface area contributed by atoms with Crippen molar-refractivity contribution >= 4 is 0 Å². The van der Waals surface area contributed by atoms with E-state index in [2.05, 4.69) is 28.2 Å². The van der Waals surface area contributed by atoms with E-state index in [0.717, 1.165) is 4.48 Å². The summed E-state index contributed by atoms with van der Waals surface area (Å²) in [7, 11) is 19.2. The van der Waals surface area contributed by atoms with Crippen LogP contribution in [-0.4, -0.2) is 84.5 Å². The highest BCUT2D eigenvalue weighted by Gasteiger charge is 1.88. The molecular formula is C11H33N3O. The van der Waals surface area contributed by atoms with Gasteiger partial charge in [-0.25, -0.2) is 0 Å². The average Bonchev–Trinajstić information content (AvgIpc) is 1.45. The molecule has 0 unspecified atom stereocenters. The van der Waals surface area contributed by atoms with Gasteiger partial charge in [0.1, 0.15) is 0 Å². The van der Waals surface area contributed by atoms with Crippen LogP contribution in [0.2, 0.25) is 0 Å². The summed E-state index contributed by atoms with van der Waals surface area (Å²) in [6.07, 6.45) is 0. The zero-order valence-corrected chi connectivity index (χ0v) is 12.7. The summed E-state index contributed by atoms with van der Waals surface area (Å²) in [5.74, 6) is 0. The van der Waals surface area contributed by atoms with E-state index < -0.39 is 0 Å². The first-order valence-electron chi connectivity index (χ1n) is 4.65. The fourth-order valence-corrected chi connectivity index (χ4v) is 0. The van der Waals surface area contributed by atoms with Crippen LogP contribution < -0.4 is 0 Å². The van der Waals surface area contributed by atoms with Crippen LogP contribution in [0.15, 0.2) is 0 Å². The molecule has 0 N–H and O–H groups in total. The van der Waals surface area contributed by atoms with Gasteiger partial charge >= 0.3 is 0 Å².